The van der Waals surface area contributed by atoms with Crippen molar-refractivity contribution in [2.75, 3.05) is 0 Å². The number of allylic oxidation sites excluding steroid dienone is 2. The number of hydrogen-bond donors (Lipinski definition) is 0. The topological polar surface area (TPSA) is 31.3 Å². The van der Waals surface area contributed by atoms with Gasteiger partial charge in [0.15, 0.2) is 0 Å². The summed E-state index contributed by atoms with van der Waals surface area (Å²) in [5.74, 6) is 0. The molecule has 0 saturated heterocycles. The lowest BCUT2D eigenvalue weighted by Gasteiger charge is -2.12. The van der Waals surface area contributed by atoms with E-state index in [2.05, 4.69) is 192 Å². The van der Waals surface area contributed by atoms with Crippen molar-refractivity contribution >= 4 is 76.7 Å². The van der Waals surface area contributed by atoms with E-state index in [1.54, 1.807) is 6.08 Å². The van der Waals surface area contributed by atoms with Gasteiger partial charge in [0, 0.05) is 49.1 Å². The Kier molecular flexibility index (Phi) is 7.41. The third-order valence-electron chi connectivity index (χ3n) is 12.6. The van der Waals surface area contributed by atoms with Crippen molar-refractivity contribution < 1.29 is 0 Å². The largest absolute Gasteiger partial charge is 0.309 e. The van der Waals surface area contributed by atoms with Gasteiger partial charge in [-0.3, -0.25) is 9.20 Å². The summed E-state index contributed by atoms with van der Waals surface area (Å²) in [6, 6.07) is 63.1. The van der Waals surface area contributed by atoms with Crippen molar-refractivity contribution in [1.82, 2.24) is 13.5 Å². The molecule has 0 bridgehead atoms. The van der Waals surface area contributed by atoms with Crippen LogP contribution >= 0.6 is 0 Å². The molecule has 4 heteroatoms. The van der Waals surface area contributed by atoms with Crippen molar-refractivity contribution in [3.63, 3.8) is 0 Å². The molecule has 4 nitrogen and oxygen atoms in total. The van der Waals surface area contributed by atoms with Crippen molar-refractivity contribution in [3.05, 3.63) is 216 Å². The molecule has 8 aromatic carbocycles. The maximum atomic E-state index is 14.1. The number of hydrogen-bond acceptors (Lipinski definition) is 1. The molecule has 0 aliphatic carbocycles. The summed E-state index contributed by atoms with van der Waals surface area (Å²) in [5.41, 5.74) is 14.5. The van der Waals surface area contributed by atoms with Crippen LogP contribution in [0, 0.1) is 6.92 Å². The molecule has 0 amide bonds. The molecule has 0 saturated carbocycles. The van der Waals surface area contributed by atoms with Crippen LogP contribution in [0.3, 0.4) is 0 Å². The summed E-state index contributed by atoms with van der Waals surface area (Å²) in [6.07, 6.45) is 5.62. The normalized spacial score (nSPS) is 12.2. The van der Waals surface area contributed by atoms with Crippen molar-refractivity contribution in [2.24, 2.45) is 0 Å². The molecular formula is C56H37N3O. The lowest BCUT2D eigenvalue weighted by molar-refractivity contribution is 1.12. The monoisotopic (exact) mass is 767 g/mol. The summed E-state index contributed by atoms with van der Waals surface area (Å²) in [7, 11) is 0. The molecule has 0 atom stereocenters. The standard InChI is InChI=1S/C56H37N3O/c1-3-4-21-49-35(2)41-18-12-20-44-47-33-37(27-31-45(47)56(60)59(49)55(41)44)36-25-29-40(30-26-36)57-50-22-10-8-16-43(50)48-34-38(28-32-52(48)57)42-19-13-24-53-54(42)46-17-9-11-23-51(46)58(53)39-14-6-5-7-15-39/h3-34H,1H2,2H3/b21-4-. The fraction of sp³-hybridized carbons (Fsp3) is 0.0179. The van der Waals surface area contributed by atoms with E-state index in [-0.39, 0.29) is 5.56 Å². The molecule has 4 aromatic heterocycles. The van der Waals surface area contributed by atoms with Gasteiger partial charge in [0.1, 0.15) is 0 Å². The predicted octanol–water partition coefficient (Wildman–Crippen LogP) is 14.1. The van der Waals surface area contributed by atoms with Crippen LogP contribution in [0.1, 0.15) is 11.3 Å². The van der Waals surface area contributed by atoms with E-state index in [1.807, 2.05) is 22.6 Å². The van der Waals surface area contributed by atoms with Crippen molar-refractivity contribution in [1.29, 1.82) is 0 Å². The quantitative estimate of drug-likeness (QED) is 0.122. The van der Waals surface area contributed by atoms with Gasteiger partial charge < -0.3 is 9.13 Å². The molecule has 0 aliphatic heterocycles. The molecule has 282 valence electrons. The number of fused-ring (bicyclic) bond motifs is 8. The smallest absolute Gasteiger partial charge is 0.263 e. The summed E-state index contributed by atoms with van der Waals surface area (Å²) in [4.78, 5) is 14.1. The summed E-state index contributed by atoms with van der Waals surface area (Å²) < 4.78 is 6.63. The minimum atomic E-state index is -0.00226. The van der Waals surface area contributed by atoms with Crippen molar-refractivity contribution in [3.8, 4) is 33.6 Å². The van der Waals surface area contributed by atoms with Gasteiger partial charge in [0.2, 0.25) is 0 Å². The van der Waals surface area contributed by atoms with Crippen LogP contribution in [-0.2, 0) is 0 Å². The Morgan fingerprint density at radius 3 is 1.88 bits per heavy atom. The molecule has 12 rings (SSSR count). The number of rotatable bonds is 6. The number of benzene rings is 8. The van der Waals surface area contributed by atoms with E-state index in [0.29, 0.717) is 5.39 Å². The van der Waals surface area contributed by atoms with Crippen LogP contribution in [0.25, 0.3) is 110 Å². The zero-order chi connectivity index (χ0) is 40.1. The second kappa shape index (κ2) is 13.0. The Hall–Kier alpha value is -7.95. The number of para-hydroxylation sites is 4. The van der Waals surface area contributed by atoms with Crippen LogP contribution in [0.2, 0.25) is 0 Å². The average Bonchev–Trinajstić information content (AvgIpc) is 3.93. The molecule has 0 aliphatic rings. The van der Waals surface area contributed by atoms with Crippen LogP contribution in [-0.4, -0.2) is 13.5 Å². The summed E-state index contributed by atoms with van der Waals surface area (Å²) in [6.45, 7) is 5.93. The zero-order valence-electron chi connectivity index (χ0n) is 32.9. The highest BCUT2D eigenvalue weighted by molar-refractivity contribution is 6.18. The minimum Gasteiger partial charge on any atom is -0.309 e. The zero-order valence-corrected chi connectivity index (χ0v) is 32.9. The Bertz CT molecular complexity index is 3800. The lowest BCUT2D eigenvalue weighted by atomic mass is 9.98. The highest BCUT2D eigenvalue weighted by Crippen LogP contribution is 2.41. The van der Waals surface area contributed by atoms with Crippen molar-refractivity contribution in [2.45, 2.75) is 6.92 Å². The summed E-state index contributed by atoms with van der Waals surface area (Å²) in [5, 5.41) is 8.78. The highest BCUT2D eigenvalue weighted by atomic mass is 16.1. The van der Waals surface area contributed by atoms with Gasteiger partial charge in [0.25, 0.3) is 5.56 Å². The van der Waals surface area contributed by atoms with E-state index < -0.39 is 0 Å². The first kappa shape index (κ1) is 34.1. The molecule has 0 spiro atoms. The lowest BCUT2D eigenvalue weighted by Crippen LogP contribution is -2.14. The molecule has 60 heavy (non-hydrogen) atoms. The Morgan fingerprint density at radius 1 is 0.467 bits per heavy atom. The molecule has 0 N–H and O–H groups in total. The van der Waals surface area contributed by atoms with Gasteiger partial charge >= 0.3 is 0 Å². The number of pyridine rings is 1. The Balaban J connectivity index is 0.980. The average molecular weight is 768 g/mol. The fourth-order valence-electron chi connectivity index (χ4n) is 9.89. The molecule has 0 unspecified atom stereocenters. The molecule has 0 fully saturated rings. The fourth-order valence-corrected chi connectivity index (χ4v) is 9.89. The van der Waals surface area contributed by atoms with Crippen LogP contribution in [0.15, 0.2) is 199 Å². The van der Waals surface area contributed by atoms with Crippen LogP contribution in [0.4, 0.5) is 0 Å². The SMILES string of the molecule is C=C/C=C\c1c(C)c2cccc3c4cc(-c5ccc(-n6c7ccccc7c7cc(-c8cccc9c8c8ccccc8n9-c8ccccc8)ccc76)cc5)ccc4c(=O)n1c23. The first-order chi connectivity index (χ1) is 29.6. The van der Waals surface area contributed by atoms with E-state index in [1.165, 1.54) is 43.7 Å². The van der Waals surface area contributed by atoms with E-state index in [0.717, 1.165) is 66.5 Å². The maximum Gasteiger partial charge on any atom is 0.263 e. The Morgan fingerprint density at radius 2 is 1.07 bits per heavy atom. The maximum absolute atomic E-state index is 14.1. The van der Waals surface area contributed by atoms with E-state index >= 15 is 0 Å². The van der Waals surface area contributed by atoms with Gasteiger partial charge in [-0.2, -0.15) is 0 Å². The first-order valence-corrected chi connectivity index (χ1v) is 20.4. The number of aryl methyl sites for hydroxylation is 1. The third kappa shape index (κ3) is 4.82. The van der Waals surface area contributed by atoms with Gasteiger partial charge in [-0.25, -0.2) is 0 Å². The van der Waals surface area contributed by atoms with Gasteiger partial charge in [-0.15, -0.1) is 0 Å². The molecule has 4 heterocycles. The van der Waals surface area contributed by atoms with Gasteiger partial charge in [0.05, 0.1) is 33.3 Å². The second-order valence-electron chi connectivity index (χ2n) is 15.7. The summed E-state index contributed by atoms with van der Waals surface area (Å²) >= 11 is 0. The van der Waals surface area contributed by atoms with E-state index in [9.17, 15) is 4.79 Å². The number of aromatic nitrogens is 3. The molecule has 12 aromatic rings. The Labute approximate surface area is 345 Å². The highest BCUT2D eigenvalue weighted by Gasteiger charge is 2.20. The molecular weight excluding hydrogens is 731 g/mol. The van der Waals surface area contributed by atoms with Crippen LogP contribution < -0.4 is 5.56 Å². The van der Waals surface area contributed by atoms with E-state index in [4.69, 9.17) is 0 Å². The third-order valence-corrected chi connectivity index (χ3v) is 12.6. The predicted molar refractivity (Wildman–Crippen MR) is 253 cm³/mol. The second-order valence-corrected chi connectivity index (χ2v) is 15.7. The number of nitrogens with zero attached hydrogens (tertiary/aromatic N) is 3. The molecule has 0 radical (unpaired) electrons. The van der Waals surface area contributed by atoms with Crippen LogP contribution in [0.5, 0.6) is 0 Å². The minimum absolute atomic E-state index is 0.00226. The first-order valence-electron chi connectivity index (χ1n) is 20.4. The van der Waals surface area contributed by atoms with Gasteiger partial charge in [-0.1, -0.05) is 128 Å². The van der Waals surface area contributed by atoms with Gasteiger partial charge in [-0.05, 0) is 113 Å².